The van der Waals surface area contributed by atoms with Gasteiger partial charge in [0.1, 0.15) is 84.4 Å². The number of primary amides is 1. The van der Waals surface area contributed by atoms with Crippen LogP contribution in [0.2, 0.25) is 0 Å². The Labute approximate surface area is 599 Å². The van der Waals surface area contributed by atoms with Gasteiger partial charge in [-0.05, 0) is 186 Å². The van der Waals surface area contributed by atoms with Crippen molar-refractivity contribution in [3.05, 3.63) is 198 Å². The number of benzene rings is 6. The lowest BCUT2D eigenvalue weighted by Gasteiger charge is -2.17. The third-order valence-corrected chi connectivity index (χ3v) is 16.3. The number of nitriles is 3. The van der Waals surface area contributed by atoms with Gasteiger partial charge in [-0.2, -0.15) is 15.8 Å². The second kappa shape index (κ2) is 35.4. The van der Waals surface area contributed by atoms with E-state index >= 15 is 0 Å². The first kappa shape index (κ1) is 73.8. The molecule has 6 aromatic carbocycles. The monoisotopic (exact) mass is 1400 g/mol. The summed E-state index contributed by atoms with van der Waals surface area (Å²) in [5, 5.41) is 65.6. The highest BCUT2D eigenvalue weighted by Gasteiger charge is 2.30. The second-order valence-electron chi connectivity index (χ2n) is 24.8. The molecule has 0 unspecified atom stereocenters. The molecule has 0 saturated carbocycles. The predicted molar refractivity (Wildman–Crippen MR) is 387 cm³/mol. The lowest BCUT2D eigenvalue weighted by molar-refractivity contribution is -0.134. The summed E-state index contributed by atoms with van der Waals surface area (Å²) in [5.41, 5.74) is 12.3. The van der Waals surface area contributed by atoms with E-state index in [1.807, 2.05) is 45.9 Å². The van der Waals surface area contributed by atoms with Crippen molar-refractivity contribution in [2.75, 3.05) is 68.4 Å². The number of nitrogens with zero attached hydrogens (tertiary/aromatic N) is 11. The number of nitrogens with one attached hydrogen (secondary N) is 6. The molecular weight excluding hydrogens is 1320 g/mol. The molecule has 28 nitrogen and oxygen atoms in total. The number of carbonyl (C=O) groups excluding carboxylic acids is 5. The van der Waals surface area contributed by atoms with Crippen molar-refractivity contribution in [2.45, 2.75) is 77.4 Å². The van der Waals surface area contributed by atoms with Gasteiger partial charge in [0, 0.05) is 114 Å². The average Bonchev–Trinajstić information content (AvgIpc) is 1.06. The summed E-state index contributed by atoms with van der Waals surface area (Å²) in [7, 11) is 0. The fourth-order valence-electron chi connectivity index (χ4n) is 11.1. The first-order valence-electron chi connectivity index (χ1n) is 33.5. The molecule has 5 amide bonds. The van der Waals surface area contributed by atoms with Crippen LogP contribution < -0.4 is 51.8 Å². The van der Waals surface area contributed by atoms with Gasteiger partial charge in [0.15, 0.2) is 17.5 Å². The molecule has 0 radical (unpaired) electrons. The van der Waals surface area contributed by atoms with E-state index in [-0.39, 0.29) is 54.0 Å². The van der Waals surface area contributed by atoms with E-state index in [4.69, 9.17) is 30.2 Å². The highest BCUT2D eigenvalue weighted by atomic mass is 16.5. The Hall–Kier alpha value is -12.9. The molecule has 3 aliphatic rings. The molecule has 6 heterocycles. The zero-order valence-electron chi connectivity index (χ0n) is 57.4. The fraction of sp³-hybridized carbons (Fsp3) is 0.263. The summed E-state index contributed by atoms with van der Waals surface area (Å²) in [4.78, 5) is 88.6. The number of ether oxygens (including phenoxy) is 3. The number of carbonyl (C=O) groups is 5. The minimum atomic E-state index is -0.530. The number of hydrogen-bond acceptors (Lipinski definition) is 23. The smallest absolute Gasteiger partial charge is 0.251 e. The van der Waals surface area contributed by atoms with E-state index in [9.17, 15) is 39.8 Å². The Kier molecular flexibility index (Phi) is 25.1. The molecule has 0 spiro atoms. The molecule has 28 heteroatoms. The number of aliphatic hydroxyl groups excluding tert-OH is 2. The number of likely N-dealkylation sites (tertiary alicyclic amines) is 2. The van der Waals surface area contributed by atoms with Crippen LogP contribution in [0.5, 0.6) is 17.2 Å². The molecule has 3 aliphatic heterocycles. The molecule has 9 aromatic rings. The van der Waals surface area contributed by atoms with Gasteiger partial charge in [0.25, 0.3) is 11.8 Å². The van der Waals surface area contributed by atoms with Crippen LogP contribution in [-0.4, -0.2) is 162 Å². The normalized spacial score (nSPS) is 15.0. The summed E-state index contributed by atoms with van der Waals surface area (Å²) in [6, 6.07) is 48.5. The highest BCUT2D eigenvalue weighted by molar-refractivity contribution is 5.95. The molecule has 12 rings (SSSR count). The summed E-state index contributed by atoms with van der Waals surface area (Å²) < 4.78 is 17.9. The first-order valence-corrected chi connectivity index (χ1v) is 33.5. The van der Waals surface area contributed by atoms with Crippen LogP contribution in [0.4, 0.5) is 34.5 Å². The number of anilines is 6. The van der Waals surface area contributed by atoms with Crippen LogP contribution >= 0.6 is 0 Å². The SMILES string of the molecule is CC(C)NC(=O)c1ccc(Nc2ccnc(-c3ccc(O[C@@H]4CCN(C(=O)CO)C4)c(C#N)c3)n2)cc1.CC(C)NC(=O)c1ccc(Nc2ccnc(-c3ccc(O[C@@H]4CCNC4)c(C#N)c3)n2)cc1.N#Cc1cc(-c2nccc(Nc3ccc(C(N)=O)cc3)n2)ccc1O[C@@H]1CCN(C(=O)CO)C1. The van der Waals surface area contributed by atoms with Crippen molar-refractivity contribution < 1.29 is 48.4 Å². The second-order valence-corrected chi connectivity index (χ2v) is 24.8. The Morgan fingerprint density at radius 2 is 0.846 bits per heavy atom. The molecule has 3 atom stereocenters. The van der Waals surface area contributed by atoms with Crippen molar-refractivity contribution in [1.82, 2.24) is 55.7 Å². The molecule has 0 aliphatic carbocycles. The van der Waals surface area contributed by atoms with E-state index < -0.39 is 19.1 Å². The number of nitrogens with two attached hydrogens (primary N) is 1. The molecule has 104 heavy (non-hydrogen) atoms. The summed E-state index contributed by atoms with van der Waals surface area (Å²) in [6.45, 7) is 10.1. The molecule has 3 aromatic heterocycles. The summed E-state index contributed by atoms with van der Waals surface area (Å²) >= 11 is 0. The summed E-state index contributed by atoms with van der Waals surface area (Å²) in [5.74, 6) is 3.06. The molecular formula is C76H76N18O10. The number of hydrogen-bond donors (Lipinski definition) is 9. The van der Waals surface area contributed by atoms with Crippen LogP contribution in [0, 0.1) is 34.0 Å². The van der Waals surface area contributed by atoms with E-state index in [0.717, 1.165) is 42.1 Å². The number of aliphatic hydroxyl groups is 2. The Balaban J connectivity index is 0.000000168. The maximum atomic E-state index is 12.1. The van der Waals surface area contributed by atoms with Gasteiger partial charge < -0.3 is 71.9 Å². The predicted octanol–water partition coefficient (Wildman–Crippen LogP) is 8.34. The van der Waals surface area contributed by atoms with E-state index in [2.05, 4.69) is 80.0 Å². The Bertz CT molecular complexity index is 4670. The van der Waals surface area contributed by atoms with Crippen LogP contribution in [-0.2, 0) is 9.59 Å². The maximum Gasteiger partial charge on any atom is 0.251 e. The van der Waals surface area contributed by atoms with Gasteiger partial charge in [-0.3, -0.25) is 24.0 Å². The van der Waals surface area contributed by atoms with Gasteiger partial charge in [-0.15, -0.1) is 0 Å². The minimum Gasteiger partial charge on any atom is -0.488 e. The fourth-order valence-corrected chi connectivity index (χ4v) is 11.1. The average molecular weight is 1400 g/mol. The van der Waals surface area contributed by atoms with Crippen molar-refractivity contribution in [3.8, 4) is 69.6 Å². The van der Waals surface area contributed by atoms with E-state index in [1.54, 1.807) is 156 Å². The van der Waals surface area contributed by atoms with Crippen LogP contribution in [0.25, 0.3) is 34.2 Å². The Morgan fingerprint density at radius 3 is 1.15 bits per heavy atom. The van der Waals surface area contributed by atoms with Gasteiger partial charge in [-0.25, -0.2) is 29.9 Å². The van der Waals surface area contributed by atoms with Crippen molar-refractivity contribution in [3.63, 3.8) is 0 Å². The molecule has 3 saturated heterocycles. The van der Waals surface area contributed by atoms with Crippen LogP contribution in [0.1, 0.15) is 94.7 Å². The Morgan fingerprint density at radius 1 is 0.500 bits per heavy atom. The maximum absolute atomic E-state index is 12.1. The van der Waals surface area contributed by atoms with Crippen molar-refractivity contribution in [1.29, 1.82) is 15.8 Å². The quantitative estimate of drug-likeness (QED) is 0.0308. The number of rotatable bonds is 22. The zero-order valence-corrected chi connectivity index (χ0v) is 57.4. The topological polar surface area (TPSA) is 407 Å². The lowest BCUT2D eigenvalue weighted by atomic mass is 10.1. The number of aromatic nitrogens is 6. The van der Waals surface area contributed by atoms with Crippen LogP contribution in [0.3, 0.4) is 0 Å². The van der Waals surface area contributed by atoms with Gasteiger partial charge in [0.2, 0.25) is 17.7 Å². The number of amides is 5. The standard InChI is InChI=1S/C27H28N6O4.C25H26N6O2.C24H22N6O4/c1-17(2)30-27(36)18-3-6-21(7-4-18)31-24-9-11-29-26(32-24)19-5-8-23(20(13-19)14-28)37-22-10-12-33(15-22)25(35)16-34;1-16(2)29-25(32)17-3-6-20(7-4-17)30-23-10-12-28-24(31-23)18-5-8-22(19(13-18)14-26)33-21-9-11-27-15-21;25-12-17-11-16(3-6-20(17)34-19-8-10-30(13-19)22(32)14-31)24-27-9-7-21(29-24)28-18-4-1-15(2-5-18)23(26)33/h3-9,11,13,17,22,34H,10,12,15-16H2,1-2H3,(H,30,36)(H,29,31,32);3-8,10,12-13,16,21,27H,9,11,15H2,1-2H3,(H,29,32)(H,28,30,31);1-7,9,11,19,31H,8,10,13-14H2,(H2,26,33)(H,27,28,29)/t22-;21-;19-/m111/s1. The molecule has 3 fully saturated rings. The van der Waals surface area contributed by atoms with Gasteiger partial charge >= 0.3 is 0 Å². The minimum absolute atomic E-state index is 0.0579. The van der Waals surface area contributed by atoms with Crippen molar-refractivity contribution >= 4 is 64.1 Å². The van der Waals surface area contributed by atoms with E-state index in [0.29, 0.717) is 136 Å². The third kappa shape index (κ3) is 20.2. The molecule has 10 N–H and O–H groups in total. The van der Waals surface area contributed by atoms with Crippen molar-refractivity contribution in [2.24, 2.45) is 5.73 Å². The van der Waals surface area contributed by atoms with Crippen LogP contribution in [0.15, 0.2) is 164 Å². The van der Waals surface area contributed by atoms with Gasteiger partial charge in [-0.1, -0.05) is 0 Å². The lowest BCUT2D eigenvalue weighted by Crippen LogP contribution is -2.32. The zero-order chi connectivity index (χ0) is 73.7. The highest BCUT2D eigenvalue weighted by Crippen LogP contribution is 2.32. The van der Waals surface area contributed by atoms with E-state index in [1.165, 1.54) is 0 Å². The largest absolute Gasteiger partial charge is 0.488 e. The molecule has 0 bridgehead atoms. The molecule has 530 valence electrons. The third-order valence-electron chi connectivity index (χ3n) is 16.3. The summed E-state index contributed by atoms with van der Waals surface area (Å²) in [6.07, 6.45) is 6.63. The van der Waals surface area contributed by atoms with Gasteiger partial charge in [0.05, 0.1) is 29.8 Å². The first-order chi connectivity index (χ1) is 50.3.